The zero-order valence-electron chi connectivity index (χ0n) is 13.6. The molecular formula is C18H15Cl2N3O2. The molecule has 0 bridgehead atoms. The van der Waals surface area contributed by atoms with E-state index in [0.717, 1.165) is 16.7 Å². The first-order valence-electron chi connectivity index (χ1n) is 7.57. The largest absolute Gasteiger partial charge is 0.403 e. The van der Waals surface area contributed by atoms with Gasteiger partial charge >= 0.3 is 6.01 Å². The summed E-state index contributed by atoms with van der Waals surface area (Å²) >= 11 is 12.0. The van der Waals surface area contributed by atoms with Gasteiger partial charge in [-0.25, -0.2) is 0 Å². The molecule has 25 heavy (non-hydrogen) atoms. The summed E-state index contributed by atoms with van der Waals surface area (Å²) in [5.41, 5.74) is 3.66. The minimum Gasteiger partial charge on any atom is -0.403 e. The van der Waals surface area contributed by atoms with Gasteiger partial charge in [-0.2, -0.15) is 0 Å². The maximum Gasteiger partial charge on any atom is 0.322 e. The van der Waals surface area contributed by atoms with Gasteiger partial charge in [0.05, 0.1) is 17.0 Å². The van der Waals surface area contributed by atoms with Crippen LogP contribution in [0, 0.1) is 13.8 Å². The predicted molar refractivity (Wildman–Crippen MR) is 98.0 cm³/mol. The van der Waals surface area contributed by atoms with Gasteiger partial charge in [0.1, 0.15) is 0 Å². The molecule has 0 fully saturated rings. The van der Waals surface area contributed by atoms with Crippen LogP contribution in [0.5, 0.6) is 0 Å². The van der Waals surface area contributed by atoms with Crippen LogP contribution >= 0.6 is 23.2 Å². The Morgan fingerprint density at radius 1 is 1.12 bits per heavy atom. The Hall–Kier alpha value is -2.37. The van der Waals surface area contributed by atoms with Gasteiger partial charge in [0.2, 0.25) is 5.91 Å². The number of halogens is 2. The number of rotatable bonds is 4. The number of anilines is 1. The molecule has 0 atom stereocenters. The molecular weight excluding hydrogens is 361 g/mol. The number of benzene rings is 2. The van der Waals surface area contributed by atoms with Crippen molar-refractivity contribution in [2.45, 2.75) is 20.3 Å². The predicted octanol–water partition coefficient (Wildman–Crippen LogP) is 4.84. The third kappa shape index (κ3) is 4.18. The van der Waals surface area contributed by atoms with Crippen LogP contribution in [-0.2, 0) is 11.2 Å². The molecule has 1 heterocycles. The van der Waals surface area contributed by atoms with E-state index in [-0.39, 0.29) is 24.2 Å². The van der Waals surface area contributed by atoms with Crippen molar-refractivity contribution < 1.29 is 9.21 Å². The van der Waals surface area contributed by atoms with Crippen molar-refractivity contribution in [1.82, 2.24) is 10.2 Å². The molecule has 1 amide bonds. The van der Waals surface area contributed by atoms with E-state index in [1.807, 2.05) is 32.0 Å². The quantitative estimate of drug-likeness (QED) is 0.707. The number of carbonyl (C=O) groups excluding carboxylic acids is 1. The number of hydrogen-bond acceptors (Lipinski definition) is 4. The van der Waals surface area contributed by atoms with Crippen LogP contribution in [0.1, 0.15) is 16.7 Å². The van der Waals surface area contributed by atoms with Crippen molar-refractivity contribution in [2.75, 3.05) is 5.32 Å². The zero-order valence-corrected chi connectivity index (χ0v) is 15.1. The molecule has 0 saturated carbocycles. The minimum atomic E-state index is -0.230. The van der Waals surface area contributed by atoms with E-state index in [2.05, 4.69) is 15.5 Å². The normalized spacial score (nSPS) is 10.7. The smallest absolute Gasteiger partial charge is 0.322 e. The fraction of sp³-hybridized carbons (Fsp3) is 0.167. The fourth-order valence-corrected chi connectivity index (χ4v) is 2.86. The fourth-order valence-electron chi connectivity index (χ4n) is 2.37. The van der Waals surface area contributed by atoms with Crippen LogP contribution in [0.3, 0.4) is 0 Å². The summed E-state index contributed by atoms with van der Waals surface area (Å²) < 4.78 is 5.47. The van der Waals surface area contributed by atoms with E-state index < -0.39 is 0 Å². The third-order valence-electron chi connectivity index (χ3n) is 3.69. The Bertz CT molecular complexity index is 938. The Labute approximate surface area is 155 Å². The third-order valence-corrected chi connectivity index (χ3v) is 4.24. The van der Waals surface area contributed by atoms with Crippen LogP contribution in [0.15, 0.2) is 40.8 Å². The van der Waals surface area contributed by atoms with Crippen LogP contribution < -0.4 is 5.32 Å². The molecule has 3 rings (SSSR count). The Kier molecular flexibility index (Phi) is 5.06. The molecule has 3 aromatic rings. The molecule has 2 aromatic carbocycles. The Morgan fingerprint density at radius 2 is 1.92 bits per heavy atom. The maximum absolute atomic E-state index is 12.2. The average molecular weight is 376 g/mol. The van der Waals surface area contributed by atoms with E-state index in [9.17, 15) is 4.79 Å². The van der Waals surface area contributed by atoms with Crippen LogP contribution in [0.25, 0.3) is 11.5 Å². The van der Waals surface area contributed by atoms with Crippen molar-refractivity contribution in [1.29, 1.82) is 0 Å². The lowest BCUT2D eigenvalue weighted by molar-refractivity contribution is -0.115. The molecule has 5 nitrogen and oxygen atoms in total. The summed E-state index contributed by atoms with van der Waals surface area (Å²) in [4.78, 5) is 12.2. The number of carbonyl (C=O) groups is 1. The summed E-state index contributed by atoms with van der Waals surface area (Å²) in [5, 5.41) is 11.3. The highest BCUT2D eigenvalue weighted by Gasteiger charge is 2.15. The summed E-state index contributed by atoms with van der Waals surface area (Å²) in [7, 11) is 0. The SMILES string of the molecule is Cc1ccc(C)c(CC(=O)Nc2nnc(-c3ccc(Cl)cc3Cl)o2)c1. The number of aryl methyl sites for hydroxylation is 2. The van der Waals surface area contributed by atoms with Crippen molar-refractivity contribution in [2.24, 2.45) is 0 Å². The van der Waals surface area contributed by atoms with E-state index in [1.165, 1.54) is 0 Å². The van der Waals surface area contributed by atoms with E-state index >= 15 is 0 Å². The molecule has 0 spiro atoms. The summed E-state index contributed by atoms with van der Waals surface area (Å²) in [6.45, 7) is 3.95. The second-order valence-electron chi connectivity index (χ2n) is 5.69. The van der Waals surface area contributed by atoms with Gasteiger partial charge in [-0.15, -0.1) is 5.10 Å². The second kappa shape index (κ2) is 7.25. The van der Waals surface area contributed by atoms with Gasteiger partial charge in [-0.05, 0) is 43.2 Å². The lowest BCUT2D eigenvalue weighted by Crippen LogP contribution is -2.15. The first-order valence-corrected chi connectivity index (χ1v) is 8.33. The van der Waals surface area contributed by atoms with Gasteiger partial charge in [-0.1, -0.05) is 52.1 Å². The molecule has 0 saturated heterocycles. The highest BCUT2D eigenvalue weighted by atomic mass is 35.5. The number of hydrogen-bond donors (Lipinski definition) is 1. The average Bonchev–Trinajstić information content (AvgIpc) is 2.99. The highest BCUT2D eigenvalue weighted by molar-refractivity contribution is 6.36. The topological polar surface area (TPSA) is 68.0 Å². The molecule has 0 aliphatic rings. The molecule has 0 radical (unpaired) electrons. The standard InChI is InChI=1S/C18H15Cl2N3O2/c1-10-3-4-11(2)12(7-10)8-16(24)21-18-23-22-17(25-18)14-6-5-13(19)9-15(14)20/h3-7,9H,8H2,1-2H3,(H,21,23,24). The van der Waals surface area contributed by atoms with Crippen molar-refractivity contribution >= 4 is 35.1 Å². The molecule has 1 aromatic heterocycles. The summed E-state index contributed by atoms with van der Waals surface area (Å²) in [6.07, 6.45) is 0.229. The first kappa shape index (κ1) is 17.5. The molecule has 7 heteroatoms. The molecule has 0 aliphatic carbocycles. The number of aromatic nitrogens is 2. The van der Waals surface area contributed by atoms with Crippen LogP contribution in [-0.4, -0.2) is 16.1 Å². The van der Waals surface area contributed by atoms with Gasteiger partial charge in [0, 0.05) is 5.02 Å². The van der Waals surface area contributed by atoms with Crippen molar-refractivity contribution in [3.8, 4) is 11.5 Å². The van der Waals surface area contributed by atoms with E-state index in [4.69, 9.17) is 27.6 Å². The minimum absolute atomic E-state index is 0.0244. The molecule has 1 N–H and O–H groups in total. The lowest BCUT2D eigenvalue weighted by atomic mass is 10.0. The summed E-state index contributed by atoms with van der Waals surface area (Å²) in [5.74, 6) is -0.0187. The monoisotopic (exact) mass is 375 g/mol. The van der Waals surface area contributed by atoms with Gasteiger partial charge in [0.15, 0.2) is 0 Å². The molecule has 0 aliphatic heterocycles. The van der Waals surface area contributed by atoms with E-state index in [1.54, 1.807) is 18.2 Å². The van der Waals surface area contributed by atoms with Crippen LogP contribution in [0.2, 0.25) is 10.0 Å². The number of nitrogens with zero attached hydrogens (tertiary/aromatic N) is 2. The molecule has 0 unspecified atom stereocenters. The van der Waals surface area contributed by atoms with Gasteiger partial charge in [-0.3, -0.25) is 10.1 Å². The van der Waals surface area contributed by atoms with Crippen molar-refractivity contribution in [3.63, 3.8) is 0 Å². The first-order chi connectivity index (χ1) is 11.9. The molecule has 128 valence electrons. The highest BCUT2D eigenvalue weighted by Crippen LogP contribution is 2.30. The number of nitrogens with one attached hydrogen (secondary N) is 1. The second-order valence-corrected chi connectivity index (χ2v) is 6.54. The van der Waals surface area contributed by atoms with E-state index in [0.29, 0.717) is 15.6 Å². The van der Waals surface area contributed by atoms with Gasteiger partial charge < -0.3 is 4.42 Å². The maximum atomic E-state index is 12.2. The Morgan fingerprint density at radius 3 is 2.68 bits per heavy atom. The van der Waals surface area contributed by atoms with Crippen molar-refractivity contribution in [3.05, 3.63) is 63.1 Å². The van der Waals surface area contributed by atoms with Gasteiger partial charge in [0.25, 0.3) is 5.89 Å². The zero-order chi connectivity index (χ0) is 18.0. The summed E-state index contributed by atoms with van der Waals surface area (Å²) in [6, 6.07) is 11.0. The lowest BCUT2D eigenvalue weighted by Gasteiger charge is -2.06. The Balaban J connectivity index is 1.72. The number of amides is 1. The van der Waals surface area contributed by atoms with Crippen LogP contribution in [0.4, 0.5) is 6.01 Å².